The van der Waals surface area contributed by atoms with E-state index in [1.54, 1.807) is 0 Å². The van der Waals surface area contributed by atoms with Crippen LogP contribution in [0.1, 0.15) is 35.3 Å². The number of hydrogen-bond acceptors (Lipinski definition) is 5. The van der Waals surface area contributed by atoms with Crippen molar-refractivity contribution in [1.82, 2.24) is 15.3 Å². The van der Waals surface area contributed by atoms with E-state index in [-0.39, 0.29) is 12.0 Å². The molecule has 1 amide bonds. The summed E-state index contributed by atoms with van der Waals surface area (Å²) in [5.74, 6) is 1.03. The van der Waals surface area contributed by atoms with Crippen molar-refractivity contribution in [2.45, 2.75) is 33.4 Å². The number of carbonyl (C=O) groups is 1. The van der Waals surface area contributed by atoms with Crippen LogP contribution in [-0.2, 0) is 6.54 Å². The Balaban J connectivity index is 1.56. The van der Waals surface area contributed by atoms with Crippen LogP contribution in [0.25, 0.3) is 0 Å². The van der Waals surface area contributed by atoms with Crippen LogP contribution in [-0.4, -0.2) is 22.0 Å². The van der Waals surface area contributed by atoms with Crippen molar-refractivity contribution in [2.24, 2.45) is 0 Å². The van der Waals surface area contributed by atoms with Gasteiger partial charge in [-0.05, 0) is 50.6 Å². The summed E-state index contributed by atoms with van der Waals surface area (Å²) in [6, 6.07) is 15.6. The molecule has 2 N–H and O–H groups in total. The quantitative estimate of drug-likeness (QED) is 0.645. The van der Waals surface area contributed by atoms with Gasteiger partial charge >= 0.3 is 0 Å². The Morgan fingerprint density at radius 2 is 1.79 bits per heavy atom. The Bertz CT molecular complexity index is 922. The summed E-state index contributed by atoms with van der Waals surface area (Å²) in [6.45, 7) is 6.46. The average molecular weight is 376 g/mol. The fourth-order valence-corrected chi connectivity index (χ4v) is 2.63. The first-order valence-electron chi connectivity index (χ1n) is 9.19. The number of hydrogen-bond donors (Lipinski definition) is 2. The molecule has 0 spiro atoms. The molecule has 1 aromatic heterocycles. The first kappa shape index (κ1) is 19.4. The van der Waals surface area contributed by atoms with Crippen LogP contribution in [0.15, 0.2) is 60.9 Å². The molecule has 0 aliphatic rings. The number of nitrogens with one attached hydrogen (secondary N) is 2. The van der Waals surface area contributed by atoms with Crippen LogP contribution >= 0.6 is 0 Å². The van der Waals surface area contributed by atoms with Gasteiger partial charge in [-0.3, -0.25) is 4.79 Å². The van der Waals surface area contributed by atoms with E-state index in [4.69, 9.17) is 4.74 Å². The third-order valence-electron chi connectivity index (χ3n) is 3.93. The van der Waals surface area contributed by atoms with Gasteiger partial charge in [-0.15, -0.1) is 0 Å². The summed E-state index contributed by atoms with van der Waals surface area (Å²) >= 11 is 0. The van der Waals surface area contributed by atoms with E-state index in [2.05, 4.69) is 20.6 Å². The zero-order valence-electron chi connectivity index (χ0n) is 16.3. The molecular formula is C22H24N4O2. The molecule has 0 atom stereocenters. The Hall–Kier alpha value is -3.41. The van der Waals surface area contributed by atoms with Gasteiger partial charge in [-0.25, -0.2) is 9.97 Å². The SMILES string of the molecule is Cc1cccc(CNC(=O)c2cnc(Nc3ccc(OC(C)C)cc3)nc2)c1. The summed E-state index contributed by atoms with van der Waals surface area (Å²) in [4.78, 5) is 20.7. The van der Waals surface area contributed by atoms with Crippen LogP contribution < -0.4 is 15.4 Å². The number of carbonyl (C=O) groups excluding carboxylic acids is 1. The second kappa shape index (κ2) is 8.99. The van der Waals surface area contributed by atoms with Crippen LogP contribution in [0.3, 0.4) is 0 Å². The van der Waals surface area contributed by atoms with Gasteiger partial charge in [-0.2, -0.15) is 0 Å². The number of aromatic nitrogens is 2. The van der Waals surface area contributed by atoms with Gasteiger partial charge < -0.3 is 15.4 Å². The summed E-state index contributed by atoms with van der Waals surface area (Å²) in [7, 11) is 0. The summed E-state index contributed by atoms with van der Waals surface area (Å²) < 4.78 is 5.62. The second-order valence-electron chi connectivity index (χ2n) is 6.78. The van der Waals surface area contributed by atoms with E-state index < -0.39 is 0 Å². The lowest BCUT2D eigenvalue weighted by Crippen LogP contribution is -2.23. The van der Waals surface area contributed by atoms with E-state index in [1.807, 2.05) is 69.3 Å². The fraction of sp³-hybridized carbons (Fsp3) is 0.227. The number of ether oxygens (including phenoxy) is 1. The third-order valence-corrected chi connectivity index (χ3v) is 3.93. The molecule has 28 heavy (non-hydrogen) atoms. The first-order chi connectivity index (χ1) is 13.5. The maximum absolute atomic E-state index is 12.3. The van der Waals surface area contributed by atoms with Crippen LogP contribution in [0, 0.1) is 6.92 Å². The van der Waals surface area contributed by atoms with Crippen LogP contribution in [0.4, 0.5) is 11.6 Å². The number of benzene rings is 2. The molecule has 0 fully saturated rings. The van der Waals surface area contributed by atoms with Gasteiger partial charge in [0.1, 0.15) is 5.75 Å². The Morgan fingerprint density at radius 1 is 1.07 bits per heavy atom. The molecule has 3 aromatic rings. The van der Waals surface area contributed by atoms with E-state index >= 15 is 0 Å². The number of nitrogens with zero attached hydrogens (tertiary/aromatic N) is 2. The molecule has 0 radical (unpaired) electrons. The molecule has 0 saturated carbocycles. The predicted octanol–water partition coefficient (Wildman–Crippen LogP) is 4.25. The van der Waals surface area contributed by atoms with Crippen molar-refractivity contribution < 1.29 is 9.53 Å². The number of rotatable bonds is 7. The van der Waals surface area contributed by atoms with Gasteiger partial charge in [0.05, 0.1) is 11.7 Å². The number of aryl methyl sites for hydroxylation is 1. The molecule has 6 nitrogen and oxygen atoms in total. The van der Waals surface area contributed by atoms with E-state index in [9.17, 15) is 4.79 Å². The van der Waals surface area contributed by atoms with Crippen molar-refractivity contribution in [2.75, 3.05) is 5.32 Å². The molecule has 0 saturated heterocycles. The highest BCUT2D eigenvalue weighted by atomic mass is 16.5. The molecule has 6 heteroatoms. The maximum atomic E-state index is 12.3. The van der Waals surface area contributed by atoms with Crippen molar-refractivity contribution in [3.63, 3.8) is 0 Å². The van der Waals surface area contributed by atoms with Crippen LogP contribution in [0.5, 0.6) is 5.75 Å². The van der Waals surface area contributed by atoms with E-state index in [0.717, 1.165) is 22.6 Å². The Kier molecular flexibility index (Phi) is 6.22. The van der Waals surface area contributed by atoms with Gasteiger partial charge in [0.15, 0.2) is 0 Å². The first-order valence-corrected chi connectivity index (χ1v) is 9.19. The van der Waals surface area contributed by atoms with Crippen LogP contribution in [0.2, 0.25) is 0 Å². The Labute approximate surface area is 165 Å². The molecule has 0 bridgehead atoms. The van der Waals surface area contributed by atoms with E-state index in [1.165, 1.54) is 12.4 Å². The summed E-state index contributed by atoms with van der Waals surface area (Å²) in [5.41, 5.74) is 3.47. The van der Waals surface area contributed by atoms with Gasteiger partial charge in [0, 0.05) is 24.6 Å². The zero-order valence-corrected chi connectivity index (χ0v) is 16.3. The van der Waals surface area contributed by atoms with Crippen molar-refractivity contribution in [3.8, 4) is 5.75 Å². The minimum atomic E-state index is -0.205. The molecule has 1 heterocycles. The van der Waals surface area contributed by atoms with Gasteiger partial charge in [0.25, 0.3) is 5.91 Å². The molecule has 0 aliphatic heterocycles. The summed E-state index contributed by atoms with van der Waals surface area (Å²) in [6.07, 6.45) is 3.15. The lowest BCUT2D eigenvalue weighted by molar-refractivity contribution is 0.0950. The molecule has 0 aliphatic carbocycles. The second-order valence-corrected chi connectivity index (χ2v) is 6.78. The highest BCUT2D eigenvalue weighted by Gasteiger charge is 2.07. The zero-order chi connectivity index (χ0) is 19.9. The maximum Gasteiger partial charge on any atom is 0.254 e. The molecule has 0 unspecified atom stereocenters. The van der Waals surface area contributed by atoms with Gasteiger partial charge in [0.2, 0.25) is 5.95 Å². The number of anilines is 2. The molecular weight excluding hydrogens is 352 g/mol. The predicted molar refractivity (Wildman–Crippen MR) is 110 cm³/mol. The minimum absolute atomic E-state index is 0.131. The molecule has 144 valence electrons. The smallest absolute Gasteiger partial charge is 0.254 e. The topological polar surface area (TPSA) is 76.1 Å². The highest BCUT2D eigenvalue weighted by Crippen LogP contribution is 2.19. The molecule has 2 aromatic carbocycles. The summed E-state index contributed by atoms with van der Waals surface area (Å²) in [5, 5.41) is 5.99. The fourth-order valence-electron chi connectivity index (χ4n) is 2.63. The van der Waals surface area contributed by atoms with Crippen molar-refractivity contribution in [3.05, 3.63) is 77.6 Å². The van der Waals surface area contributed by atoms with Crippen molar-refractivity contribution in [1.29, 1.82) is 0 Å². The largest absolute Gasteiger partial charge is 0.491 e. The van der Waals surface area contributed by atoms with Crippen molar-refractivity contribution >= 4 is 17.5 Å². The average Bonchev–Trinajstić information content (AvgIpc) is 2.68. The minimum Gasteiger partial charge on any atom is -0.491 e. The van der Waals surface area contributed by atoms with Gasteiger partial charge in [-0.1, -0.05) is 29.8 Å². The lowest BCUT2D eigenvalue weighted by atomic mass is 10.1. The lowest BCUT2D eigenvalue weighted by Gasteiger charge is -2.10. The monoisotopic (exact) mass is 376 g/mol. The standard InChI is InChI=1S/C22H24N4O2/c1-15(2)28-20-9-7-19(8-10-20)26-22-24-13-18(14-25-22)21(27)23-12-17-6-4-5-16(3)11-17/h4-11,13-15H,12H2,1-3H3,(H,23,27)(H,24,25,26). The molecule has 3 rings (SSSR count). The normalized spacial score (nSPS) is 10.6. The number of amides is 1. The van der Waals surface area contributed by atoms with E-state index in [0.29, 0.717) is 18.1 Å². The Morgan fingerprint density at radius 3 is 2.43 bits per heavy atom. The highest BCUT2D eigenvalue weighted by molar-refractivity contribution is 5.93. The third kappa shape index (κ3) is 5.54.